The first-order chi connectivity index (χ1) is 15.8. The molecule has 0 aliphatic carbocycles. The molecule has 2 saturated heterocycles. The van der Waals surface area contributed by atoms with E-state index >= 15 is 0 Å². The van der Waals surface area contributed by atoms with Crippen molar-refractivity contribution in [1.82, 2.24) is 19.9 Å². The van der Waals surface area contributed by atoms with E-state index in [0.717, 1.165) is 6.20 Å². The monoisotopic (exact) mass is 387 g/mol. The predicted octanol–water partition coefficient (Wildman–Crippen LogP) is 2.15. The van der Waals surface area contributed by atoms with Gasteiger partial charge in [-0.1, -0.05) is 5.21 Å². The second-order valence-corrected chi connectivity index (χ2v) is 8.31. The van der Waals surface area contributed by atoms with Crippen molar-refractivity contribution in [3.8, 4) is 0 Å². The molecule has 0 spiro atoms. The fraction of sp³-hybridized carbons (Fsp3) is 0.833. The summed E-state index contributed by atoms with van der Waals surface area (Å²) >= 11 is 0. The summed E-state index contributed by atoms with van der Waals surface area (Å²) in [6.45, 7) is 4.27. The van der Waals surface area contributed by atoms with E-state index in [0.29, 0.717) is 4.68 Å². The molecule has 0 saturated carbocycles. The van der Waals surface area contributed by atoms with E-state index < -0.39 is 61.8 Å². The van der Waals surface area contributed by atoms with Gasteiger partial charge in [0.1, 0.15) is 11.2 Å². The molecule has 27 heavy (non-hydrogen) atoms. The quantitative estimate of drug-likeness (QED) is 0.724. The second-order valence-electron chi connectivity index (χ2n) is 8.31. The van der Waals surface area contributed by atoms with Crippen LogP contribution in [-0.4, -0.2) is 62.9 Å². The van der Waals surface area contributed by atoms with Gasteiger partial charge in [-0.05, 0) is 61.2 Å². The number of amides is 1. The molecule has 3 rings (SSSR count). The van der Waals surface area contributed by atoms with Gasteiger partial charge in [0.05, 0.1) is 18.6 Å². The summed E-state index contributed by atoms with van der Waals surface area (Å²) in [4.78, 5) is 12.6. The number of hydrogen-bond donors (Lipinski definition) is 0. The maximum Gasteiger partial charge on any atom is 0.518 e. The van der Waals surface area contributed by atoms with Gasteiger partial charge in [0.15, 0.2) is 0 Å². The number of likely N-dealkylation sites (tertiary alicyclic amines) is 1. The van der Waals surface area contributed by atoms with Gasteiger partial charge in [-0.2, -0.15) is 0 Å². The fourth-order valence-corrected chi connectivity index (χ4v) is 2.25. The van der Waals surface area contributed by atoms with Crippen molar-refractivity contribution < 1.29 is 31.2 Å². The lowest BCUT2D eigenvalue weighted by molar-refractivity contribution is 0.00578. The van der Waals surface area contributed by atoms with E-state index in [-0.39, 0.29) is 10.5 Å². The second kappa shape index (κ2) is 6.77. The predicted molar refractivity (Wildman–Crippen MR) is 102 cm³/mol. The SMILES string of the molecule is [2H]C1([2H])N(C(=O)OC(C)(C)C)C([2H])([2H])C([2H])([2H])C([2H])(n2cc(B3OC(C)(C)C(C)(C)O3)nn2)C1([2H])[2H]. The highest BCUT2D eigenvalue weighted by Gasteiger charge is 2.53. The average molecular weight is 387 g/mol. The van der Waals surface area contributed by atoms with E-state index in [1.807, 2.05) is 0 Å². The number of carbonyl (C=O) groups excluding carboxylic acids is 1. The van der Waals surface area contributed by atoms with Crippen molar-refractivity contribution in [2.24, 2.45) is 0 Å². The normalized spacial score (nSPS) is 36.5. The zero-order chi connectivity index (χ0) is 28.1. The first-order valence-electron chi connectivity index (χ1n) is 13.1. The third kappa shape index (κ3) is 4.29. The molecule has 1 amide bonds. The highest BCUT2D eigenvalue weighted by atomic mass is 16.7. The molecule has 2 aliphatic heterocycles. The summed E-state index contributed by atoms with van der Waals surface area (Å²) in [6, 6.07) is -3.39. The van der Waals surface area contributed by atoms with Gasteiger partial charge in [-0.3, -0.25) is 0 Å². The van der Waals surface area contributed by atoms with Gasteiger partial charge in [-0.15, -0.1) is 5.10 Å². The number of hydrogen-bond acceptors (Lipinski definition) is 6. The lowest BCUT2D eigenvalue weighted by Crippen LogP contribution is -2.42. The summed E-state index contributed by atoms with van der Waals surface area (Å²) in [5, 5.41) is 7.51. The summed E-state index contributed by atoms with van der Waals surface area (Å²) < 4.78 is 94.0. The fourth-order valence-electron chi connectivity index (χ4n) is 2.25. The molecular formula is C18H31BN4O4. The molecule has 0 N–H and O–H groups in total. The Labute approximate surface area is 174 Å². The van der Waals surface area contributed by atoms with Crippen LogP contribution < -0.4 is 5.59 Å². The zero-order valence-electron chi connectivity index (χ0n) is 25.6. The van der Waals surface area contributed by atoms with Crippen LogP contribution in [0.15, 0.2) is 6.20 Å². The van der Waals surface area contributed by atoms with Crippen LogP contribution in [0, 0.1) is 0 Å². The molecule has 0 unspecified atom stereocenters. The minimum atomic E-state index is -3.58. The van der Waals surface area contributed by atoms with Crippen molar-refractivity contribution >= 4 is 18.8 Å². The van der Waals surface area contributed by atoms with E-state index in [9.17, 15) is 4.79 Å². The van der Waals surface area contributed by atoms with Crippen LogP contribution in [0.2, 0.25) is 0 Å². The van der Waals surface area contributed by atoms with Crippen LogP contribution in [0.3, 0.4) is 0 Å². The summed E-state index contributed by atoms with van der Waals surface area (Å²) in [5.74, 6) is 0. The molecule has 2 fully saturated rings. The molecule has 3 heterocycles. The Balaban J connectivity index is 2.14. The molecule has 150 valence electrons. The summed E-state index contributed by atoms with van der Waals surface area (Å²) in [7, 11) is -1.11. The van der Waals surface area contributed by atoms with Crippen molar-refractivity contribution in [2.75, 3.05) is 13.0 Å². The van der Waals surface area contributed by atoms with Crippen LogP contribution in [0.1, 0.15) is 79.6 Å². The number of aromatic nitrogens is 3. The first kappa shape index (κ1) is 11.4. The molecule has 2 aliphatic rings. The molecule has 0 radical (unpaired) electrons. The lowest BCUT2D eigenvalue weighted by atomic mass is 9.86. The summed E-state index contributed by atoms with van der Waals surface area (Å²) in [6.07, 6.45) is -7.82. The van der Waals surface area contributed by atoms with Gasteiger partial charge in [-0.25, -0.2) is 9.48 Å². The van der Waals surface area contributed by atoms with Crippen LogP contribution in [-0.2, 0) is 14.0 Å². The van der Waals surface area contributed by atoms with Gasteiger partial charge < -0.3 is 18.9 Å². The largest absolute Gasteiger partial charge is 0.518 e. The standard InChI is InChI=1S/C18H31BN4O4/c1-16(2,3)25-15(24)22-10-8-13(9-11-22)23-12-14(20-21-23)19-26-17(4,5)18(6,7)27-19/h12-13H,8-11H2,1-7H3/i8D2,9D2,10D2,11D2,13D. The third-order valence-corrected chi connectivity index (χ3v) is 4.38. The van der Waals surface area contributed by atoms with Gasteiger partial charge in [0.25, 0.3) is 0 Å². The van der Waals surface area contributed by atoms with Gasteiger partial charge in [0.2, 0.25) is 0 Å². The molecule has 1 aromatic rings. The molecule has 0 aromatic carbocycles. The Hall–Kier alpha value is -1.61. The molecule has 0 atom stereocenters. The van der Waals surface area contributed by atoms with E-state index in [4.69, 9.17) is 26.4 Å². The van der Waals surface area contributed by atoms with Crippen LogP contribution in [0.5, 0.6) is 0 Å². The van der Waals surface area contributed by atoms with Crippen molar-refractivity contribution in [1.29, 1.82) is 0 Å². The van der Waals surface area contributed by atoms with E-state index in [1.165, 1.54) is 20.8 Å². The maximum absolute atomic E-state index is 12.8. The number of rotatable bonds is 2. The first-order valence-corrected chi connectivity index (χ1v) is 8.60. The van der Waals surface area contributed by atoms with Crippen LogP contribution in [0.25, 0.3) is 0 Å². The minimum absolute atomic E-state index is 0.0532. The zero-order valence-corrected chi connectivity index (χ0v) is 16.6. The lowest BCUT2D eigenvalue weighted by Gasteiger charge is -2.33. The number of nitrogens with zero attached hydrogens (tertiary/aromatic N) is 4. The highest BCUT2D eigenvalue weighted by molar-refractivity contribution is 6.61. The highest BCUT2D eigenvalue weighted by Crippen LogP contribution is 2.36. The molecular weight excluding hydrogens is 347 g/mol. The number of carbonyl (C=O) groups is 1. The van der Waals surface area contributed by atoms with Crippen LogP contribution in [0.4, 0.5) is 4.79 Å². The van der Waals surface area contributed by atoms with Crippen LogP contribution >= 0.6 is 0 Å². The van der Waals surface area contributed by atoms with Gasteiger partial charge in [0, 0.05) is 30.2 Å². The Morgan fingerprint density at radius 2 is 1.85 bits per heavy atom. The molecule has 8 nitrogen and oxygen atoms in total. The van der Waals surface area contributed by atoms with Crippen molar-refractivity contribution in [2.45, 2.75) is 84.0 Å². The smallest absolute Gasteiger partial charge is 0.444 e. The molecule has 0 bridgehead atoms. The molecule has 9 heteroatoms. The average Bonchev–Trinajstić information content (AvgIpc) is 3.20. The maximum atomic E-state index is 12.8. The third-order valence-electron chi connectivity index (χ3n) is 4.38. The Morgan fingerprint density at radius 3 is 2.37 bits per heavy atom. The Bertz CT molecular complexity index is 1010. The Kier molecular flexibility index (Phi) is 2.86. The Morgan fingerprint density at radius 1 is 1.30 bits per heavy atom. The van der Waals surface area contributed by atoms with E-state index in [1.54, 1.807) is 27.7 Å². The topological polar surface area (TPSA) is 78.7 Å². The van der Waals surface area contributed by atoms with E-state index in [2.05, 4.69) is 10.3 Å². The number of piperidine rings is 1. The summed E-state index contributed by atoms with van der Waals surface area (Å²) in [5.41, 5.74) is -2.83. The van der Waals surface area contributed by atoms with Crippen molar-refractivity contribution in [3.05, 3.63) is 6.20 Å². The molecule has 1 aromatic heterocycles. The van der Waals surface area contributed by atoms with Gasteiger partial charge >= 0.3 is 13.2 Å². The minimum Gasteiger partial charge on any atom is -0.444 e. The van der Waals surface area contributed by atoms with Crippen molar-refractivity contribution in [3.63, 3.8) is 0 Å². The number of ether oxygens (including phenoxy) is 1.